The molecule has 2 amide bonds. The fraction of sp³-hybridized carbons (Fsp3) is 0.263. The van der Waals surface area contributed by atoms with Gasteiger partial charge in [-0.1, -0.05) is 19.1 Å². The molecule has 0 aliphatic heterocycles. The second kappa shape index (κ2) is 7.70. The number of para-hydroxylation sites is 1. The van der Waals surface area contributed by atoms with Gasteiger partial charge in [-0.05, 0) is 36.2 Å². The van der Waals surface area contributed by atoms with Crippen molar-refractivity contribution in [3.05, 3.63) is 60.1 Å². The van der Waals surface area contributed by atoms with Crippen LogP contribution in [0.25, 0.3) is 11.0 Å². The van der Waals surface area contributed by atoms with Gasteiger partial charge in [-0.15, -0.1) is 0 Å². The summed E-state index contributed by atoms with van der Waals surface area (Å²) in [6.07, 6.45) is 4.23. The molecule has 1 atom stereocenters. The van der Waals surface area contributed by atoms with E-state index >= 15 is 0 Å². The fourth-order valence-corrected chi connectivity index (χ4v) is 2.73. The minimum absolute atomic E-state index is 0.0567. The molecule has 6 heteroatoms. The molecule has 0 saturated heterocycles. The number of carbonyl (C=O) groups is 1. The smallest absolute Gasteiger partial charge is 0.315 e. The second-order valence-corrected chi connectivity index (χ2v) is 5.66. The monoisotopic (exact) mass is 339 g/mol. The number of hydrogen-bond donors (Lipinski definition) is 2. The Balaban J connectivity index is 1.62. The van der Waals surface area contributed by atoms with Crippen LogP contribution in [0.2, 0.25) is 0 Å². The van der Waals surface area contributed by atoms with E-state index in [4.69, 9.17) is 9.15 Å². The molecule has 130 valence electrons. The third-order valence-corrected chi connectivity index (χ3v) is 4.02. The Morgan fingerprint density at radius 1 is 1.28 bits per heavy atom. The van der Waals surface area contributed by atoms with Crippen LogP contribution in [-0.2, 0) is 6.54 Å². The first-order chi connectivity index (χ1) is 12.2. The Kier molecular flexibility index (Phi) is 5.18. The zero-order chi connectivity index (χ0) is 17.6. The molecule has 0 aliphatic carbocycles. The maximum atomic E-state index is 12.2. The number of ether oxygens (including phenoxy) is 1. The summed E-state index contributed by atoms with van der Waals surface area (Å²) in [5.74, 6) is 1.35. The molecule has 0 fully saturated rings. The third kappa shape index (κ3) is 3.91. The lowest BCUT2D eigenvalue weighted by atomic mass is 10.1. The topological polar surface area (TPSA) is 76.4 Å². The van der Waals surface area contributed by atoms with Crippen LogP contribution in [-0.4, -0.2) is 18.1 Å². The van der Waals surface area contributed by atoms with Gasteiger partial charge in [0, 0.05) is 17.8 Å². The Hall–Kier alpha value is -3.02. The Labute approximate surface area is 146 Å². The third-order valence-electron chi connectivity index (χ3n) is 4.02. The highest BCUT2D eigenvalue weighted by Gasteiger charge is 2.13. The molecule has 3 rings (SSSR count). The molecular weight excluding hydrogens is 318 g/mol. The minimum atomic E-state index is -0.240. The molecule has 2 heterocycles. The van der Waals surface area contributed by atoms with E-state index < -0.39 is 0 Å². The van der Waals surface area contributed by atoms with Gasteiger partial charge in [0.1, 0.15) is 5.76 Å². The molecule has 1 aromatic carbocycles. The molecule has 0 spiro atoms. The number of urea groups is 1. The van der Waals surface area contributed by atoms with Gasteiger partial charge in [0.05, 0.1) is 19.7 Å². The zero-order valence-corrected chi connectivity index (χ0v) is 14.3. The van der Waals surface area contributed by atoms with Crippen LogP contribution in [0.4, 0.5) is 4.79 Å². The van der Waals surface area contributed by atoms with Crippen molar-refractivity contribution in [1.29, 1.82) is 0 Å². The summed E-state index contributed by atoms with van der Waals surface area (Å²) in [4.78, 5) is 16.2. The summed E-state index contributed by atoms with van der Waals surface area (Å²) >= 11 is 0. The lowest BCUT2D eigenvalue weighted by molar-refractivity contribution is 0.235. The number of nitrogens with one attached hydrogen (secondary N) is 2. The largest absolute Gasteiger partial charge is 0.493 e. The molecule has 1 unspecified atom stereocenters. The Bertz CT molecular complexity index is 846. The predicted molar refractivity (Wildman–Crippen MR) is 95.4 cm³/mol. The lowest BCUT2D eigenvalue weighted by Crippen LogP contribution is -2.37. The van der Waals surface area contributed by atoms with Gasteiger partial charge in [-0.2, -0.15) is 0 Å². The molecule has 2 aromatic heterocycles. The first kappa shape index (κ1) is 16.8. The number of benzene rings is 1. The fourth-order valence-electron chi connectivity index (χ4n) is 2.73. The predicted octanol–water partition coefficient (Wildman–Crippen LogP) is 3.79. The first-order valence-corrected chi connectivity index (χ1v) is 8.21. The van der Waals surface area contributed by atoms with E-state index in [2.05, 4.69) is 15.6 Å². The molecular formula is C19H21N3O3. The van der Waals surface area contributed by atoms with E-state index in [0.29, 0.717) is 23.6 Å². The normalized spacial score (nSPS) is 11.9. The average molecular weight is 339 g/mol. The molecule has 2 N–H and O–H groups in total. The molecule has 0 aliphatic rings. The van der Waals surface area contributed by atoms with Crippen molar-refractivity contribution in [2.24, 2.45) is 0 Å². The first-order valence-electron chi connectivity index (χ1n) is 8.21. The summed E-state index contributed by atoms with van der Waals surface area (Å²) in [5.41, 5.74) is 1.71. The van der Waals surface area contributed by atoms with E-state index in [9.17, 15) is 4.79 Å². The maximum Gasteiger partial charge on any atom is 0.315 e. The molecule has 0 bridgehead atoms. The Morgan fingerprint density at radius 2 is 2.08 bits per heavy atom. The van der Waals surface area contributed by atoms with Crippen molar-refractivity contribution in [2.45, 2.75) is 25.9 Å². The van der Waals surface area contributed by atoms with Crippen molar-refractivity contribution in [2.75, 3.05) is 7.11 Å². The number of furan rings is 1. The lowest BCUT2D eigenvalue weighted by Gasteiger charge is -2.17. The van der Waals surface area contributed by atoms with Crippen LogP contribution in [0.15, 0.2) is 53.2 Å². The van der Waals surface area contributed by atoms with E-state index in [1.54, 1.807) is 19.5 Å². The number of carbonyl (C=O) groups excluding carboxylic acids is 1. The summed E-state index contributed by atoms with van der Waals surface area (Å²) in [7, 11) is 1.60. The molecule has 3 aromatic rings. The van der Waals surface area contributed by atoms with Crippen LogP contribution in [0, 0.1) is 0 Å². The average Bonchev–Trinajstić information content (AvgIpc) is 3.08. The number of amides is 2. The van der Waals surface area contributed by atoms with Crippen LogP contribution in [0.5, 0.6) is 5.75 Å². The van der Waals surface area contributed by atoms with Crippen molar-refractivity contribution in [3.63, 3.8) is 0 Å². The number of nitrogens with zero attached hydrogens (tertiary/aromatic N) is 1. The van der Waals surface area contributed by atoms with Crippen molar-refractivity contribution in [1.82, 2.24) is 15.6 Å². The van der Waals surface area contributed by atoms with E-state index in [1.165, 1.54) is 0 Å². The highest BCUT2D eigenvalue weighted by Crippen LogP contribution is 2.28. The summed E-state index contributed by atoms with van der Waals surface area (Å²) in [6, 6.07) is 11.1. The van der Waals surface area contributed by atoms with Gasteiger partial charge in [0.2, 0.25) is 0 Å². The molecule has 6 nitrogen and oxygen atoms in total. The van der Waals surface area contributed by atoms with Gasteiger partial charge >= 0.3 is 6.03 Å². The van der Waals surface area contributed by atoms with Gasteiger partial charge in [-0.3, -0.25) is 4.98 Å². The zero-order valence-electron chi connectivity index (χ0n) is 14.3. The SMILES string of the molecule is CCC(NC(=O)NCc1cc2cccc(OC)c2o1)c1ccncc1. The number of rotatable bonds is 6. The minimum Gasteiger partial charge on any atom is -0.493 e. The van der Waals surface area contributed by atoms with Crippen molar-refractivity contribution in [3.8, 4) is 5.75 Å². The van der Waals surface area contributed by atoms with E-state index in [1.807, 2.05) is 43.3 Å². The van der Waals surface area contributed by atoms with Crippen molar-refractivity contribution >= 4 is 17.0 Å². The molecule has 0 saturated carbocycles. The molecule has 0 radical (unpaired) electrons. The van der Waals surface area contributed by atoms with E-state index in [-0.39, 0.29) is 12.1 Å². The summed E-state index contributed by atoms with van der Waals surface area (Å²) in [6.45, 7) is 2.33. The second-order valence-electron chi connectivity index (χ2n) is 5.66. The number of methoxy groups -OCH3 is 1. The molecule has 25 heavy (non-hydrogen) atoms. The van der Waals surface area contributed by atoms with Gasteiger partial charge in [0.25, 0.3) is 0 Å². The standard InChI is InChI=1S/C19H21N3O3/c1-3-16(13-7-9-20-10-8-13)22-19(23)21-12-15-11-14-5-4-6-17(24-2)18(14)25-15/h4-11,16H,3,12H2,1-2H3,(H2,21,22,23). The number of fused-ring (bicyclic) bond motifs is 1. The van der Waals surface area contributed by atoms with Crippen LogP contribution in [0.1, 0.15) is 30.7 Å². The Morgan fingerprint density at radius 3 is 2.80 bits per heavy atom. The van der Waals surface area contributed by atoms with Gasteiger partial charge in [-0.25, -0.2) is 4.79 Å². The number of aromatic nitrogens is 1. The van der Waals surface area contributed by atoms with Gasteiger partial charge in [0.15, 0.2) is 11.3 Å². The quantitative estimate of drug-likeness (QED) is 0.716. The van der Waals surface area contributed by atoms with E-state index in [0.717, 1.165) is 17.4 Å². The summed E-state index contributed by atoms with van der Waals surface area (Å²) in [5, 5.41) is 6.74. The highest BCUT2D eigenvalue weighted by atomic mass is 16.5. The van der Waals surface area contributed by atoms with Crippen LogP contribution < -0.4 is 15.4 Å². The van der Waals surface area contributed by atoms with Gasteiger partial charge < -0.3 is 19.8 Å². The van der Waals surface area contributed by atoms with Crippen molar-refractivity contribution < 1.29 is 13.9 Å². The number of pyridine rings is 1. The summed E-state index contributed by atoms with van der Waals surface area (Å²) < 4.78 is 11.1. The van der Waals surface area contributed by atoms with Crippen LogP contribution >= 0.6 is 0 Å². The highest BCUT2D eigenvalue weighted by molar-refractivity contribution is 5.83. The number of hydrogen-bond acceptors (Lipinski definition) is 4. The maximum absolute atomic E-state index is 12.2. The van der Waals surface area contributed by atoms with Crippen LogP contribution in [0.3, 0.4) is 0 Å².